The van der Waals surface area contributed by atoms with Crippen molar-refractivity contribution in [1.82, 2.24) is 5.32 Å². The summed E-state index contributed by atoms with van der Waals surface area (Å²) >= 11 is 0. The van der Waals surface area contributed by atoms with E-state index in [0.29, 0.717) is 12.8 Å². The Labute approximate surface area is 74.1 Å². The maximum atomic E-state index is 12.1. The van der Waals surface area contributed by atoms with Crippen molar-refractivity contribution < 1.29 is 18.3 Å². The van der Waals surface area contributed by atoms with Gasteiger partial charge in [0.05, 0.1) is 6.61 Å². The van der Waals surface area contributed by atoms with E-state index in [0.717, 1.165) is 0 Å². The van der Waals surface area contributed by atoms with Crippen molar-refractivity contribution in [3.63, 3.8) is 0 Å². The molecule has 78 valence electrons. The lowest BCUT2D eigenvalue weighted by Gasteiger charge is -2.36. The van der Waals surface area contributed by atoms with Crippen LogP contribution in [0.1, 0.15) is 12.8 Å². The molecule has 1 atom stereocenters. The summed E-state index contributed by atoms with van der Waals surface area (Å²) in [6.07, 6.45) is -3.28. The quantitative estimate of drug-likeness (QED) is 0.597. The average molecular weight is 198 g/mol. The highest BCUT2D eigenvalue weighted by Crippen LogP contribution is 2.24. The second kappa shape index (κ2) is 3.81. The highest BCUT2D eigenvalue weighted by atomic mass is 19.4. The first-order valence-electron chi connectivity index (χ1n) is 4.12. The molecular formula is C7H13F3N2O. The van der Waals surface area contributed by atoms with E-state index in [2.05, 4.69) is 5.32 Å². The monoisotopic (exact) mass is 198 g/mol. The molecule has 0 bridgehead atoms. The fourth-order valence-corrected chi connectivity index (χ4v) is 1.33. The van der Waals surface area contributed by atoms with E-state index in [9.17, 15) is 13.2 Å². The van der Waals surface area contributed by atoms with E-state index >= 15 is 0 Å². The largest absolute Gasteiger partial charge is 0.406 e. The van der Waals surface area contributed by atoms with E-state index in [4.69, 9.17) is 10.8 Å². The molecule has 1 aliphatic rings. The van der Waals surface area contributed by atoms with Crippen molar-refractivity contribution in [3.8, 4) is 0 Å². The summed E-state index contributed by atoms with van der Waals surface area (Å²) < 4.78 is 36.3. The van der Waals surface area contributed by atoms with Crippen LogP contribution in [-0.2, 0) is 0 Å². The van der Waals surface area contributed by atoms with Crippen LogP contribution in [0, 0.1) is 0 Å². The number of alkyl halides is 3. The van der Waals surface area contributed by atoms with Crippen LogP contribution in [0.15, 0.2) is 0 Å². The van der Waals surface area contributed by atoms with Crippen LogP contribution in [0.5, 0.6) is 0 Å². The minimum absolute atomic E-state index is 0.00470. The number of hydrogen-bond acceptors (Lipinski definition) is 3. The molecule has 13 heavy (non-hydrogen) atoms. The summed E-state index contributed by atoms with van der Waals surface area (Å²) in [6, 6.07) is -2.01. The standard InChI is InChI=1S/C7H13F3N2O/c8-7(9,10)6(3-13)12-5-1-4(11)2-5/h4-6,12-13H,1-3,11H2/t4?,5?,6-/m1/s1. The molecule has 1 rings (SSSR count). The molecule has 0 unspecified atom stereocenters. The third kappa shape index (κ3) is 2.82. The van der Waals surface area contributed by atoms with E-state index in [1.807, 2.05) is 0 Å². The second-order valence-corrected chi connectivity index (χ2v) is 3.37. The first-order valence-corrected chi connectivity index (χ1v) is 4.12. The van der Waals surface area contributed by atoms with Crippen LogP contribution < -0.4 is 11.1 Å². The molecule has 6 heteroatoms. The molecule has 0 heterocycles. The lowest BCUT2D eigenvalue weighted by atomic mass is 9.87. The van der Waals surface area contributed by atoms with Crippen molar-refractivity contribution in [1.29, 1.82) is 0 Å². The Kier molecular flexibility index (Phi) is 3.15. The van der Waals surface area contributed by atoms with Crippen LogP contribution in [0.25, 0.3) is 0 Å². The Balaban J connectivity index is 2.33. The van der Waals surface area contributed by atoms with Gasteiger partial charge in [-0.2, -0.15) is 13.2 Å². The highest BCUT2D eigenvalue weighted by molar-refractivity contribution is 4.91. The molecule has 4 N–H and O–H groups in total. The Hall–Kier alpha value is -0.330. The Morgan fingerprint density at radius 2 is 2.00 bits per heavy atom. The first kappa shape index (κ1) is 10.7. The van der Waals surface area contributed by atoms with Crippen molar-refractivity contribution in [2.24, 2.45) is 5.73 Å². The van der Waals surface area contributed by atoms with Crippen molar-refractivity contribution in [3.05, 3.63) is 0 Å². The number of rotatable bonds is 3. The van der Waals surface area contributed by atoms with E-state index in [1.54, 1.807) is 0 Å². The van der Waals surface area contributed by atoms with Crippen LogP contribution >= 0.6 is 0 Å². The molecule has 1 saturated carbocycles. The number of aliphatic hydroxyl groups is 1. The number of hydrogen-bond donors (Lipinski definition) is 3. The Morgan fingerprint density at radius 1 is 1.46 bits per heavy atom. The van der Waals surface area contributed by atoms with Gasteiger partial charge in [-0.3, -0.25) is 0 Å². The Morgan fingerprint density at radius 3 is 2.31 bits per heavy atom. The fraction of sp³-hybridized carbons (Fsp3) is 1.00. The van der Waals surface area contributed by atoms with Crippen LogP contribution in [-0.4, -0.2) is 36.0 Å². The lowest BCUT2D eigenvalue weighted by Crippen LogP contribution is -2.56. The average Bonchev–Trinajstić information content (AvgIpc) is 1.93. The van der Waals surface area contributed by atoms with E-state index in [1.165, 1.54) is 0 Å². The predicted molar refractivity (Wildman–Crippen MR) is 41.1 cm³/mol. The maximum absolute atomic E-state index is 12.1. The van der Waals surface area contributed by atoms with Gasteiger partial charge in [0.2, 0.25) is 0 Å². The number of aliphatic hydroxyl groups excluding tert-OH is 1. The molecule has 0 spiro atoms. The summed E-state index contributed by atoms with van der Waals surface area (Å²) in [5, 5.41) is 10.8. The molecule has 0 aliphatic heterocycles. The van der Waals surface area contributed by atoms with Crippen molar-refractivity contribution in [2.75, 3.05) is 6.61 Å². The van der Waals surface area contributed by atoms with Crippen molar-refractivity contribution in [2.45, 2.75) is 37.1 Å². The smallest absolute Gasteiger partial charge is 0.394 e. The number of halogens is 3. The Bertz CT molecular complexity index is 168. The van der Waals surface area contributed by atoms with Gasteiger partial charge < -0.3 is 16.2 Å². The molecule has 0 aromatic heterocycles. The van der Waals surface area contributed by atoms with Gasteiger partial charge in [0.1, 0.15) is 6.04 Å². The van der Waals surface area contributed by atoms with Crippen LogP contribution in [0.4, 0.5) is 13.2 Å². The van der Waals surface area contributed by atoms with Crippen molar-refractivity contribution >= 4 is 0 Å². The van der Waals surface area contributed by atoms with Gasteiger partial charge >= 0.3 is 6.18 Å². The van der Waals surface area contributed by atoms with Gasteiger partial charge in [0.25, 0.3) is 0 Å². The summed E-state index contributed by atoms with van der Waals surface area (Å²) in [6.45, 7) is -0.921. The third-order valence-electron chi connectivity index (χ3n) is 2.19. The zero-order chi connectivity index (χ0) is 10.1. The van der Waals surface area contributed by atoms with Gasteiger partial charge in [-0.05, 0) is 12.8 Å². The highest BCUT2D eigenvalue weighted by Gasteiger charge is 2.41. The van der Waals surface area contributed by atoms with Gasteiger partial charge in [0.15, 0.2) is 0 Å². The number of nitrogens with one attached hydrogen (secondary N) is 1. The van der Waals surface area contributed by atoms with Gasteiger partial charge in [0, 0.05) is 12.1 Å². The normalized spacial score (nSPS) is 31.2. The molecule has 0 radical (unpaired) electrons. The molecule has 0 amide bonds. The fourth-order valence-electron chi connectivity index (χ4n) is 1.33. The number of nitrogens with two attached hydrogens (primary N) is 1. The zero-order valence-electron chi connectivity index (χ0n) is 7.01. The summed E-state index contributed by atoms with van der Waals surface area (Å²) in [7, 11) is 0. The predicted octanol–water partition coefficient (Wildman–Crippen LogP) is -0.0111. The SMILES string of the molecule is NC1CC(N[C@H](CO)C(F)(F)F)C1. The topological polar surface area (TPSA) is 58.3 Å². The second-order valence-electron chi connectivity index (χ2n) is 3.37. The molecule has 0 aromatic rings. The summed E-state index contributed by atoms with van der Waals surface area (Å²) in [5.41, 5.74) is 5.41. The van der Waals surface area contributed by atoms with E-state index in [-0.39, 0.29) is 12.1 Å². The maximum Gasteiger partial charge on any atom is 0.406 e. The molecule has 1 fully saturated rings. The first-order chi connectivity index (χ1) is 5.93. The molecule has 3 nitrogen and oxygen atoms in total. The molecule has 0 aromatic carbocycles. The summed E-state index contributed by atoms with van der Waals surface area (Å²) in [4.78, 5) is 0. The molecule has 1 aliphatic carbocycles. The molecule has 0 saturated heterocycles. The molecular weight excluding hydrogens is 185 g/mol. The summed E-state index contributed by atoms with van der Waals surface area (Å²) in [5.74, 6) is 0. The third-order valence-corrected chi connectivity index (χ3v) is 2.19. The van der Waals surface area contributed by atoms with Crippen LogP contribution in [0.2, 0.25) is 0 Å². The van der Waals surface area contributed by atoms with E-state index < -0.39 is 18.8 Å². The van der Waals surface area contributed by atoms with Gasteiger partial charge in [-0.15, -0.1) is 0 Å². The van der Waals surface area contributed by atoms with Gasteiger partial charge in [-0.25, -0.2) is 0 Å². The van der Waals surface area contributed by atoms with Crippen LogP contribution in [0.3, 0.4) is 0 Å². The lowest BCUT2D eigenvalue weighted by molar-refractivity contribution is -0.167. The zero-order valence-corrected chi connectivity index (χ0v) is 7.01. The minimum atomic E-state index is -4.38. The van der Waals surface area contributed by atoms with Gasteiger partial charge in [-0.1, -0.05) is 0 Å². The minimum Gasteiger partial charge on any atom is -0.394 e.